The Hall–Kier alpha value is -2.02. The maximum absolute atomic E-state index is 11.7. The third-order valence-corrected chi connectivity index (χ3v) is 12.3. The van der Waals surface area contributed by atoms with E-state index in [1.165, 1.54) is 7.11 Å². The average molecular weight is 528 g/mol. The van der Waals surface area contributed by atoms with Crippen LogP contribution in [0.2, 0.25) is 18.1 Å². The van der Waals surface area contributed by atoms with Crippen LogP contribution in [0.5, 0.6) is 0 Å². The molecule has 0 bridgehead atoms. The number of pyridine rings is 1. The maximum Gasteiger partial charge on any atom is 0.305 e. The molecule has 1 N–H and O–H groups in total. The summed E-state index contributed by atoms with van der Waals surface area (Å²) in [6.45, 7) is 15.7. The fraction of sp³-hybridized carbons (Fsp3) is 0.613. The molecular weight excluding hydrogens is 478 g/mol. The Labute approximate surface area is 225 Å². The molecule has 2 aromatic rings. The first-order chi connectivity index (χ1) is 17.4. The number of rotatable bonds is 14. The Morgan fingerprint density at radius 1 is 1.11 bits per heavy atom. The van der Waals surface area contributed by atoms with E-state index in [1.807, 2.05) is 18.3 Å². The van der Waals surface area contributed by atoms with Gasteiger partial charge in [-0.3, -0.25) is 9.78 Å². The number of carbonyl (C=O) groups is 1. The fourth-order valence-electron chi connectivity index (χ4n) is 4.27. The van der Waals surface area contributed by atoms with Crippen LogP contribution < -0.4 is 0 Å². The minimum absolute atomic E-state index is 0.0145. The van der Waals surface area contributed by atoms with Crippen molar-refractivity contribution in [2.24, 2.45) is 5.92 Å². The molecule has 0 aliphatic rings. The van der Waals surface area contributed by atoms with Crippen LogP contribution in [-0.2, 0) is 14.0 Å². The van der Waals surface area contributed by atoms with E-state index in [0.29, 0.717) is 6.42 Å². The van der Waals surface area contributed by atoms with Gasteiger partial charge in [0, 0.05) is 23.6 Å². The summed E-state index contributed by atoms with van der Waals surface area (Å²) in [6.07, 6.45) is 11.6. The lowest BCUT2D eigenvalue weighted by molar-refractivity contribution is -0.140. The van der Waals surface area contributed by atoms with Gasteiger partial charge in [0.2, 0.25) is 0 Å². The number of fused-ring (bicyclic) bond motifs is 1. The summed E-state index contributed by atoms with van der Waals surface area (Å²) in [6, 6.07) is 8.19. The van der Waals surface area contributed by atoms with E-state index >= 15 is 0 Å². The smallest absolute Gasteiger partial charge is 0.305 e. The van der Waals surface area contributed by atoms with E-state index in [4.69, 9.17) is 14.1 Å². The SMILES string of the molecule is CCCCC[C@@H](O)c1ncc(/C=C/[C@@H](C)[C@H](CCCC(=O)OC)O[Si](C)(C)C(C)(C)C)c2ccccc12. The lowest BCUT2D eigenvalue weighted by Crippen LogP contribution is -2.45. The predicted molar refractivity (Wildman–Crippen MR) is 157 cm³/mol. The minimum Gasteiger partial charge on any atom is -0.469 e. The van der Waals surface area contributed by atoms with E-state index in [0.717, 1.165) is 60.6 Å². The number of methoxy groups -OCH3 is 1. The van der Waals surface area contributed by atoms with Crippen molar-refractivity contribution in [2.75, 3.05) is 7.11 Å². The first-order valence-corrected chi connectivity index (χ1v) is 16.8. The van der Waals surface area contributed by atoms with E-state index in [2.05, 4.69) is 72.0 Å². The molecule has 3 atom stereocenters. The Morgan fingerprint density at radius 3 is 2.41 bits per heavy atom. The summed E-state index contributed by atoms with van der Waals surface area (Å²) < 4.78 is 11.7. The zero-order chi connectivity index (χ0) is 27.6. The number of carbonyl (C=O) groups excluding carboxylic acids is 1. The Kier molecular flexibility index (Phi) is 12.0. The summed E-state index contributed by atoms with van der Waals surface area (Å²) in [5.41, 5.74) is 1.80. The van der Waals surface area contributed by atoms with Crippen LogP contribution in [0.15, 0.2) is 36.5 Å². The topological polar surface area (TPSA) is 68.7 Å². The number of aliphatic hydroxyl groups excluding tert-OH is 1. The molecule has 0 aliphatic carbocycles. The second kappa shape index (κ2) is 14.2. The molecule has 206 valence electrons. The second-order valence-corrected chi connectivity index (χ2v) is 16.5. The quantitative estimate of drug-likeness (QED) is 0.152. The summed E-state index contributed by atoms with van der Waals surface area (Å²) >= 11 is 0. The Morgan fingerprint density at radius 2 is 1.78 bits per heavy atom. The van der Waals surface area contributed by atoms with E-state index in [1.54, 1.807) is 0 Å². The molecule has 0 fully saturated rings. The zero-order valence-electron chi connectivity index (χ0n) is 24.3. The van der Waals surface area contributed by atoms with Crippen molar-refractivity contribution in [2.45, 2.75) is 110 Å². The molecule has 0 saturated heterocycles. The van der Waals surface area contributed by atoms with Gasteiger partial charge in [0.25, 0.3) is 0 Å². The molecule has 1 aromatic heterocycles. The average Bonchev–Trinajstić information content (AvgIpc) is 2.85. The van der Waals surface area contributed by atoms with E-state index < -0.39 is 14.4 Å². The highest BCUT2D eigenvalue weighted by Gasteiger charge is 2.39. The molecule has 0 aliphatic heterocycles. The van der Waals surface area contributed by atoms with Crippen molar-refractivity contribution < 1.29 is 19.1 Å². The number of ether oxygens (including phenoxy) is 1. The second-order valence-electron chi connectivity index (χ2n) is 11.8. The van der Waals surface area contributed by atoms with E-state index in [9.17, 15) is 9.90 Å². The molecule has 6 heteroatoms. The first-order valence-electron chi connectivity index (χ1n) is 13.9. The highest BCUT2D eigenvalue weighted by atomic mass is 28.4. The van der Waals surface area contributed by atoms with Gasteiger partial charge in [0.1, 0.15) is 0 Å². The first kappa shape index (κ1) is 31.2. The molecule has 0 spiro atoms. The van der Waals surface area contributed by atoms with Gasteiger partial charge in [-0.25, -0.2) is 0 Å². The largest absolute Gasteiger partial charge is 0.469 e. The summed E-state index contributed by atoms with van der Waals surface area (Å²) in [5, 5.41) is 13.0. The molecular formula is C31H49NO4Si. The number of esters is 1. The third kappa shape index (κ3) is 9.04. The Balaban J connectivity index is 2.29. The standard InChI is InChI=1S/C31H49NO4Si/c1-9-10-11-17-27(33)30-26-16-13-12-15-25(26)24(22-32-30)21-20-23(2)28(18-14-19-29(34)35-6)36-37(7,8)31(3,4)5/h12-13,15-16,20-23,27-28,33H,9-11,14,17-19H2,1-8H3/b21-20+/t23-,27-,28+/m1/s1. The van der Waals surface area contributed by atoms with Crippen molar-refractivity contribution in [3.8, 4) is 0 Å². The maximum atomic E-state index is 11.7. The van der Waals surface area contributed by atoms with Crippen molar-refractivity contribution in [1.82, 2.24) is 4.98 Å². The van der Waals surface area contributed by atoms with Crippen LogP contribution in [0.4, 0.5) is 0 Å². The molecule has 5 nitrogen and oxygen atoms in total. The zero-order valence-corrected chi connectivity index (χ0v) is 25.3. The highest BCUT2D eigenvalue weighted by molar-refractivity contribution is 6.74. The summed E-state index contributed by atoms with van der Waals surface area (Å²) in [7, 11) is -0.557. The van der Waals surface area contributed by atoms with Crippen LogP contribution >= 0.6 is 0 Å². The molecule has 1 heterocycles. The third-order valence-electron chi connectivity index (χ3n) is 7.77. The van der Waals surface area contributed by atoms with Gasteiger partial charge in [-0.1, -0.05) is 90.3 Å². The molecule has 0 unspecified atom stereocenters. The number of hydrogen-bond acceptors (Lipinski definition) is 5. The number of aliphatic hydroxyl groups is 1. The van der Waals surface area contributed by atoms with Crippen LogP contribution in [0.1, 0.15) is 96.9 Å². The normalized spacial score (nSPS) is 15.2. The van der Waals surface area contributed by atoms with Gasteiger partial charge in [-0.15, -0.1) is 0 Å². The molecule has 2 rings (SSSR count). The van der Waals surface area contributed by atoms with Crippen LogP contribution in [-0.4, -0.2) is 37.6 Å². The van der Waals surface area contributed by atoms with Crippen molar-refractivity contribution >= 4 is 31.1 Å². The Bertz CT molecular complexity index is 1030. The van der Waals surface area contributed by atoms with E-state index in [-0.39, 0.29) is 23.0 Å². The van der Waals surface area contributed by atoms with Crippen LogP contribution in [0.25, 0.3) is 16.8 Å². The summed E-state index contributed by atoms with van der Waals surface area (Å²) in [5.74, 6) is -0.0198. The lowest BCUT2D eigenvalue weighted by atomic mass is 9.96. The molecule has 0 amide bonds. The highest BCUT2D eigenvalue weighted by Crippen LogP contribution is 2.39. The lowest BCUT2D eigenvalue weighted by Gasteiger charge is -2.40. The molecule has 0 saturated carbocycles. The predicted octanol–water partition coefficient (Wildman–Crippen LogP) is 8.23. The van der Waals surface area contributed by atoms with Gasteiger partial charge in [0.15, 0.2) is 8.32 Å². The number of aromatic nitrogens is 1. The van der Waals surface area contributed by atoms with Gasteiger partial charge >= 0.3 is 5.97 Å². The van der Waals surface area contributed by atoms with Gasteiger partial charge in [0.05, 0.1) is 25.0 Å². The molecule has 37 heavy (non-hydrogen) atoms. The molecule has 1 aromatic carbocycles. The number of nitrogens with zero attached hydrogens (tertiary/aromatic N) is 1. The number of hydrogen-bond donors (Lipinski definition) is 1. The van der Waals surface area contributed by atoms with Gasteiger partial charge in [-0.05, 0) is 48.7 Å². The summed E-state index contributed by atoms with van der Waals surface area (Å²) in [4.78, 5) is 16.4. The van der Waals surface area contributed by atoms with Crippen molar-refractivity contribution in [3.05, 3.63) is 47.8 Å². The van der Waals surface area contributed by atoms with Crippen LogP contribution in [0.3, 0.4) is 0 Å². The van der Waals surface area contributed by atoms with Crippen LogP contribution in [0, 0.1) is 5.92 Å². The van der Waals surface area contributed by atoms with Gasteiger partial charge in [-0.2, -0.15) is 0 Å². The number of unbranched alkanes of at least 4 members (excludes halogenated alkanes) is 2. The van der Waals surface area contributed by atoms with Gasteiger partial charge < -0.3 is 14.3 Å². The fourth-order valence-corrected chi connectivity index (χ4v) is 5.72. The number of benzene rings is 1. The molecule has 0 radical (unpaired) electrons. The van der Waals surface area contributed by atoms with Crippen molar-refractivity contribution in [3.63, 3.8) is 0 Å². The minimum atomic E-state index is -1.99. The monoisotopic (exact) mass is 527 g/mol. The van der Waals surface area contributed by atoms with Crippen molar-refractivity contribution in [1.29, 1.82) is 0 Å².